The van der Waals surface area contributed by atoms with Gasteiger partial charge in [-0.3, -0.25) is 4.79 Å². The van der Waals surface area contributed by atoms with E-state index in [-0.39, 0.29) is 30.1 Å². The van der Waals surface area contributed by atoms with E-state index in [4.69, 9.17) is 0 Å². The number of rotatable bonds is 2. The van der Waals surface area contributed by atoms with Crippen molar-refractivity contribution in [2.45, 2.75) is 32.2 Å². The van der Waals surface area contributed by atoms with Gasteiger partial charge in [-0.05, 0) is 51.4 Å². The summed E-state index contributed by atoms with van der Waals surface area (Å²) in [4.78, 5) is 14.3. The SMILES string of the molecule is Cc1ccc(O)c(C(=O)N(C)C2CCCNCC2)c1.Cl. The van der Waals surface area contributed by atoms with Gasteiger partial charge in [-0.1, -0.05) is 11.6 Å². The predicted octanol–water partition coefficient (Wildman–Crippen LogP) is 2.34. The van der Waals surface area contributed by atoms with Crippen molar-refractivity contribution in [3.05, 3.63) is 29.3 Å². The van der Waals surface area contributed by atoms with Crippen LogP contribution in [0.25, 0.3) is 0 Å². The molecule has 2 rings (SSSR count). The summed E-state index contributed by atoms with van der Waals surface area (Å²) in [5.41, 5.74) is 1.39. The van der Waals surface area contributed by atoms with Gasteiger partial charge in [-0.25, -0.2) is 0 Å². The third-order valence-electron chi connectivity index (χ3n) is 3.80. The minimum absolute atomic E-state index is 0. The Labute approximate surface area is 126 Å². The molecular weight excluding hydrogens is 276 g/mol. The highest BCUT2D eigenvalue weighted by atomic mass is 35.5. The highest BCUT2D eigenvalue weighted by Gasteiger charge is 2.23. The zero-order chi connectivity index (χ0) is 13.8. The Hall–Kier alpha value is -1.26. The van der Waals surface area contributed by atoms with Crippen LogP contribution in [0.1, 0.15) is 35.2 Å². The van der Waals surface area contributed by atoms with Gasteiger partial charge in [0.25, 0.3) is 5.91 Å². The number of phenolic OH excluding ortho intramolecular Hbond substituents is 1. The first-order valence-electron chi connectivity index (χ1n) is 6.87. The standard InChI is InChI=1S/C15H22N2O2.ClH/c1-11-5-6-14(18)13(10-11)15(19)17(2)12-4-3-8-16-9-7-12;/h5-6,10,12,16,18H,3-4,7-9H2,1-2H3;1H. The summed E-state index contributed by atoms with van der Waals surface area (Å²) >= 11 is 0. The van der Waals surface area contributed by atoms with Crippen molar-refractivity contribution in [3.8, 4) is 5.75 Å². The fourth-order valence-corrected chi connectivity index (χ4v) is 2.56. The maximum atomic E-state index is 12.5. The normalized spacial score (nSPS) is 18.8. The second-order valence-electron chi connectivity index (χ2n) is 5.27. The number of carbonyl (C=O) groups is 1. The van der Waals surface area contributed by atoms with Gasteiger partial charge < -0.3 is 15.3 Å². The van der Waals surface area contributed by atoms with Crippen molar-refractivity contribution in [2.75, 3.05) is 20.1 Å². The van der Waals surface area contributed by atoms with Gasteiger partial charge in [0.2, 0.25) is 0 Å². The van der Waals surface area contributed by atoms with E-state index in [2.05, 4.69) is 5.32 Å². The Balaban J connectivity index is 0.00000200. The molecule has 1 aromatic rings. The first-order valence-corrected chi connectivity index (χ1v) is 6.87. The van der Waals surface area contributed by atoms with Gasteiger partial charge in [0.05, 0.1) is 5.56 Å². The van der Waals surface area contributed by atoms with E-state index < -0.39 is 0 Å². The van der Waals surface area contributed by atoms with Gasteiger partial charge in [0.15, 0.2) is 0 Å². The van der Waals surface area contributed by atoms with E-state index in [0.717, 1.165) is 37.9 Å². The Morgan fingerprint density at radius 1 is 1.35 bits per heavy atom. The van der Waals surface area contributed by atoms with E-state index in [1.165, 1.54) is 0 Å². The summed E-state index contributed by atoms with van der Waals surface area (Å²) in [6.45, 7) is 3.89. The minimum Gasteiger partial charge on any atom is -0.507 e. The summed E-state index contributed by atoms with van der Waals surface area (Å²) in [7, 11) is 1.83. The first kappa shape index (κ1) is 16.8. The molecule has 1 unspecified atom stereocenters. The molecule has 20 heavy (non-hydrogen) atoms. The van der Waals surface area contributed by atoms with Gasteiger partial charge in [0, 0.05) is 13.1 Å². The summed E-state index contributed by atoms with van der Waals surface area (Å²) in [6.07, 6.45) is 3.07. The maximum Gasteiger partial charge on any atom is 0.257 e. The second-order valence-corrected chi connectivity index (χ2v) is 5.27. The molecule has 0 aromatic heterocycles. The molecule has 0 bridgehead atoms. The van der Waals surface area contributed by atoms with Crippen LogP contribution in [0.15, 0.2) is 18.2 Å². The van der Waals surface area contributed by atoms with E-state index in [1.807, 2.05) is 20.0 Å². The van der Waals surface area contributed by atoms with E-state index in [1.54, 1.807) is 17.0 Å². The molecule has 1 saturated heterocycles. The fraction of sp³-hybridized carbons (Fsp3) is 0.533. The van der Waals surface area contributed by atoms with Gasteiger partial charge in [0.1, 0.15) is 5.75 Å². The van der Waals surface area contributed by atoms with Crippen molar-refractivity contribution in [1.82, 2.24) is 10.2 Å². The van der Waals surface area contributed by atoms with Crippen LogP contribution >= 0.6 is 12.4 Å². The molecule has 1 atom stereocenters. The predicted molar refractivity (Wildman–Crippen MR) is 82.7 cm³/mol. The molecule has 1 aliphatic rings. The number of aryl methyl sites for hydroxylation is 1. The smallest absolute Gasteiger partial charge is 0.257 e. The Kier molecular flexibility index (Phi) is 6.30. The molecule has 2 N–H and O–H groups in total. The van der Waals surface area contributed by atoms with Crippen LogP contribution < -0.4 is 5.32 Å². The monoisotopic (exact) mass is 298 g/mol. The van der Waals surface area contributed by atoms with Crippen molar-refractivity contribution in [3.63, 3.8) is 0 Å². The lowest BCUT2D eigenvalue weighted by atomic mass is 10.0. The number of carbonyl (C=O) groups excluding carboxylic acids is 1. The number of amides is 1. The summed E-state index contributed by atoms with van der Waals surface area (Å²) in [5.74, 6) is -0.0257. The van der Waals surface area contributed by atoms with Crippen molar-refractivity contribution in [1.29, 1.82) is 0 Å². The molecule has 0 spiro atoms. The highest BCUT2D eigenvalue weighted by Crippen LogP contribution is 2.22. The van der Waals surface area contributed by atoms with Crippen LogP contribution in [0, 0.1) is 6.92 Å². The number of phenols is 1. The van der Waals surface area contributed by atoms with Crippen LogP contribution in [-0.2, 0) is 0 Å². The van der Waals surface area contributed by atoms with Gasteiger partial charge in [-0.2, -0.15) is 0 Å². The number of nitrogens with zero attached hydrogens (tertiary/aromatic N) is 1. The lowest BCUT2D eigenvalue weighted by molar-refractivity contribution is 0.0717. The molecule has 0 saturated carbocycles. The van der Waals surface area contributed by atoms with Gasteiger partial charge in [-0.15, -0.1) is 12.4 Å². The topological polar surface area (TPSA) is 52.6 Å². The zero-order valence-corrected chi connectivity index (χ0v) is 12.9. The van der Waals surface area contributed by atoms with Crippen LogP contribution in [-0.4, -0.2) is 42.1 Å². The lowest BCUT2D eigenvalue weighted by Gasteiger charge is -2.27. The third-order valence-corrected chi connectivity index (χ3v) is 3.80. The number of hydrogen-bond donors (Lipinski definition) is 2. The zero-order valence-electron chi connectivity index (χ0n) is 12.1. The van der Waals surface area contributed by atoms with Gasteiger partial charge >= 0.3 is 0 Å². The molecular formula is C15H23ClN2O2. The van der Waals surface area contributed by atoms with E-state index >= 15 is 0 Å². The van der Waals surface area contributed by atoms with E-state index in [9.17, 15) is 9.90 Å². The molecule has 4 nitrogen and oxygen atoms in total. The molecule has 1 amide bonds. The second kappa shape index (κ2) is 7.50. The first-order chi connectivity index (χ1) is 9.09. The van der Waals surface area contributed by atoms with Crippen LogP contribution in [0.3, 0.4) is 0 Å². The summed E-state index contributed by atoms with van der Waals surface area (Å²) in [5, 5.41) is 13.2. The van der Waals surface area contributed by atoms with Crippen LogP contribution in [0.5, 0.6) is 5.75 Å². The van der Waals surface area contributed by atoms with Crippen molar-refractivity contribution in [2.24, 2.45) is 0 Å². The quantitative estimate of drug-likeness (QED) is 0.881. The fourth-order valence-electron chi connectivity index (χ4n) is 2.56. The summed E-state index contributed by atoms with van der Waals surface area (Å²) < 4.78 is 0. The molecule has 1 aliphatic heterocycles. The Morgan fingerprint density at radius 2 is 2.10 bits per heavy atom. The number of hydrogen-bond acceptors (Lipinski definition) is 3. The molecule has 5 heteroatoms. The number of halogens is 1. The highest BCUT2D eigenvalue weighted by molar-refractivity contribution is 5.97. The lowest BCUT2D eigenvalue weighted by Crippen LogP contribution is -2.37. The summed E-state index contributed by atoms with van der Waals surface area (Å²) in [6, 6.07) is 5.40. The molecule has 1 aromatic carbocycles. The minimum atomic E-state index is -0.0897. The van der Waals surface area contributed by atoms with Crippen LogP contribution in [0.4, 0.5) is 0 Å². The Morgan fingerprint density at radius 3 is 2.85 bits per heavy atom. The number of benzene rings is 1. The number of nitrogens with one attached hydrogen (secondary N) is 1. The van der Waals surface area contributed by atoms with Crippen LogP contribution in [0.2, 0.25) is 0 Å². The third kappa shape index (κ3) is 3.87. The molecule has 1 fully saturated rings. The van der Waals surface area contributed by atoms with Crippen molar-refractivity contribution >= 4 is 18.3 Å². The van der Waals surface area contributed by atoms with Crippen molar-refractivity contribution < 1.29 is 9.90 Å². The Bertz CT molecular complexity index is 457. The maximum absolute atomic E-state index is 12.5. The molecule has 1 heterocycles. The molecule has 112 valence electrons. The molecule has 0 aliphatic carbocycles. The molecule has 0 radical (unpaired) electrons. The average Bonchev–Trinajstić information content (AvgIpc) is 2.69. The number of aromatic hydroxyl groups is 1. The van der Waals surface area contributed by atoms with E-state index in [0.29, 0.717) is 5.56 Å². The largest absolute Gasteiger partial charge is 0.507 e. The average molecular weight is 299 g/mol.